The van der Waals surface area contributed by atoms with Crippen LogP contribution in [0.1, 0.15) is 33.6 Å². The van der Waals surface area contributed by atoms with Gasteiger partial charge in [-0.2, -0.15) is 0 Å². The summed E-state index contributed by atoms with van der Waals surface area (Å²) in [4.78, 5) is 12.3. The lowest BCUT2D eigenvalue weighted by atomic mass is 10.2. The molecule has 1 saturated heterocycles. The van der Waals surface area contributed by atoms with Crippen molar-refractivity contribution in [3.63, 3.8) is 0 Å². The Balaban J connectivity index is 0.000000252. The summed E-state index contributed by atoms with van der Waals surface area (Å²) in [5.41, 5.74) is -0.500. The first-order chi connectivity index (χ1) is 5.84. The quantitative estimate of drug-likeness (QED) is 0.673. The van der Waals surface area contributed by atoms with Crippen LogP contribution in [0.15, 0.2) is 12.8 Å². The molecule has 0 atom stereocenters. The van der Waals surface area contributed by atoms with Crippen molar-refractivity contribution in [3.05, 3.63) is 12.8 Å². The van der Waals surface area contributed by atoms with E-state index in [9.17, 15) is 4.79 Å². The van der Waals surface area contributed by atoms with Crippen LogP contribution in [0.25, 0.3) is 0 Å². The van der Waals surface area contributed by atoms with Crippen LogP contribution >= 0.6 is 0 Å². The molecular weight excluding hydrogens is 166 g/mol. The number of nitrogens with zero attached hydrogens (tertiary/aromatic N) is 1. The summed E-state index contributed by atoms with van der Waals surface area (Å²) in [6.07, 6.45) is 3.28. The van der Waals surface area contributed by atoms with Gasteiger partial charge in [-0.1, -0.05) is 6.58 Å². The summed E-state index contributed by atoms with van der Waals surface area (Å²) >= 11 is 0. The summed E-state index contributed by atoms with van der Waals surface area (Å²) in [5.74, 6) is 0.208. The molecule has 1 aliphatic rings. The highest BCUT2D eigenvalue weighted by molar-refractivity contribution is 5.78. The molecular formula is C10H19NO2. The fourth-order valence-corrected chi connectivity index (χ4v) is 0.862. The van der Waals surface area contributed by atoms with Crippen molar-refractivity contribution in [1.82, 2.24) is 4.90 Å². The largest absolute Gasteiger partial charge is 0.391 e. The van der Waals surface area contributed by atoms with Crippen molar-refractivity contribution in [2.45, 2.75) is 39.2 Å². The van der Waals surface area contributed by atoms with Crippen LogP contribution in [0.5, 0.6) is 0 Å². The van der Waals surface area contributed by atoms with E-state index in [4.69, 9.17) is 5.11 Å². The van der Waals surface area contributed by atoms with E-state index in [0.29, 0.717) is 6.42 Å². The Morgan fingerprint density at radius 2 is 2.00 bits per heavy atom. The van der Waals surface area contributed by atoms with Crippen molar-refractivity contribution in [3.8, 4) is 0 Å². The van der Waals surface area contributed by atoms with Crippen LogP contribution in [-0.4, -0.2) is 28.1 Å². The molecule has 0 aromatic heterocycles. The molecule has 3 heteroatoms. The minimum Gasteiger partial charge on any atom is -0.391 e. The minimum absolute atomic E-state index is 0.208. The first-order valence-corrected chi connectivity index (χ1v) is 4.49. The summed E-state index contributed by atoms with van der Waals surface area (Å²) in [6.45, 7) is 9.59. The fourth-order valence-electron chi connectivity index (χ4n) is 0.862. The lowest BCUT2D eigenvalue weighted by Gasteiger charge is -2.05. The molecule has 3 nitrogen and oxygen atoms in total. The molecule has 1 rings (SSSR count). The highest BCUT2D eigenvalue weighted by atomic mass is 16.3. The molecule has 1 N–H and O–H groups in total. The standard InChI is InChI=1S/C6H9NO.C4H10O/c1-2-7-5-3-4-6(7)8;1-4(2,3)5/h2H,1,3-5H2;5H,1-3H3. The van der Waals surface area contributed by atoms with E-state index < -0.39 is 5.60 Å². The van der Waals surface area contributed by atoms with Gasteiger partial charge in [-0.25, -0.2) is 0 Å². The average Bonchev–Trinajstić information content (AvgIpc) is 2.31. The molecule has 1 fully saturated rings. The molecule has 0 unspecified atom stereocenters. The molecule has 0 radical (unpaired) electrons. The number of carbonyl (C=O) groups is 1. The second-order valence-electron chi connectivity index (χ2n) is 4.04. The highest BCUT2D eigenvalue weighted by Gasteiger charge is 2.15. The van der Waals surface area contributed by atoms with Crippen molar-refractivity contribution in [2.75, 3.05) is 6.54 Å². The first-order valence-electron chi connectivity index (χ1n) is 4.49. The topological polar surface area (TPSA) is 40.5 Å². The monoisotopic (exact) mass is 185 g/mol. The van der Waals surface area contributed by atoms with Gasteiger partial charge in [-0.05, 0) is 33.4 Å². The Hall–Kier alpha value is -0.830. The van der Waals surface area contributed by atoms with Crippen LogP contribution in [-0.2, 0) is 4.79 Å². The molecule has 0 aromatic carbocycles. The van der Waals surface area contributed by atoms with Gasteiger partial charge >= 0.3 is 0 Å². The van der Waals surface area contributed by atoms with Gasteiger partial charge in [0.2, 0.25) is 5.91 Å². The first kappa shape index (κ1) is 12.2. The number of amides is 1. The van der Waals surface area contributed by atoms with Gasteiger partial charge in [0.25, 0.3) is 0 Å². The van der Waals surface area contributed by atoms with Gasteiger partial charge in [0, 0.05) is 13.0 Å². The normalized spacial score (nSPS) is 16.6. The van der Waals surface area contributed by atoms with Gasteiger partial charge in [0.05, 0.1) is 5.60 Å². The van der Waals surface area contributed by atoms with Crippen molar-refractivity contribution >= 4 is 5.91 Å². The third-order valence-electron chi connectivity index (χ3n) is 1.33. The van der Waals surface area contributed by atoms with Crippen molar-refractivity contribution < 1.29 is 9.90 Å². The van der Waals surface area contributed by atoms with Crippen molar-refractivity contribution in [2.24, 2.45) is 0 Å². The van der Waals surface area contributed by atoms with Gasteiger partial charge < -0.3 is 10.0 Å². The zero-order valence-corrected chi connectivity index (χ0v) is 8.71. The maximum absolute atomic E-state index is 10.7. The number of likely N-dealkylation sites (tertiary alicyclic amines) is 1. The van der Waals surface area contributed by atoms with Gasteiger partial charge in [-0.3, -0.25) is 4.79 Å². The number of rotatable bonds is 1. The van der Waals surface area contributed by atoms with E-state index >= 15 is 0 Å². The van der Waals surface area contributed by atoms with Crippen LogP contribution in [0.3, 0.4) is 0 Å². The number of carbonyl (C=O) groups excluding carboxylic acids is 1. The smallest absolute Gasteiger partial charge is 0.226 e. The molecule has 0 aliphatic carbocycles. The number of hydrogen-bond donors (Lipinski definition) is 1. The second-order valence-corrected chi connectivity index (χ2v) is 4.04. The van der Waals surface area contributed by atoms with Crippen LogP contribution in [0.2, 0.25) is 0 Å². The molecule has 0 saturated carbocycles. The van der Waals surface area contributed by atoms with E-state index in [1.165, 1.54) is 0 Å². The van der Waals surface area contributed by atoms with Crippen LogP contribution in [0, 0.1) is 0 Å². The SMILES string of the molecule is C=CN1CCCC1=O.CC(C)(C)O. The summed E-state index contributed by atoms with van der Waals surface area (Å²) in [6, 6.07) is 0. The van der Waals surface area contributed by atoms with Gasteiger partial charge in [0.1, 0.15) is 0 Å². The molecule has 1 heterocycles. The Morgan fingerprint density at radius 1 is 1.54 bits per heavy atom. The molecule has 76 valence electrons. The second kappa shape index (κ2) is 5.02. The van der Waals surface area contributed by atoms with Crippen LogP contribution in [0.4, 0.5) is 0 Å². The van der Waals surface area contributed by atoms with Gasteiger partial charge in [-0.15, -0.1) is 0 Å². The van der Waals surface area contributed by atoms with E-state index in [1.54, 1.807) is 31.9 Å². The Bertz CT molecular complexity index is 176. The third kappa shape index (κ3) is 7.53. The zero-order chi connectivity index (χ0) is 10.5. The van der Waals surface area contributed by atoms with E-state index in [-0.39, 0.29) is 5.91 Å². The average molecular weight is 185 g/mol. The highest BCUT2D eigenvalue weighted by Crippen LogP contribution is 2.08. The Kier molecular flexibility index (Phi) is 4.70. The molecule has 1 aliphatic heterocycles. The summed E-state index contributed by atoms with van der Waals surface area (Å²) in [7, 11) is 0. The molecule has 0 aromatic rings. The van der Waals surface area contributed by atoms with E-state index in [0.717, 1.165) is 13.0 Å². The molecule has 13 heavy (non-hydrogen) atoms. The maximum Gasteiger partial charge on any atom is 0.226 e. The Morgan fingerprint density at radius 3 is 2.15 bits per heavy atom. The summed E-state index contributed by atoms with van der Waals surface area (Å²) in [5, 5.41) is 8.52. The predicted molar refractivity (Wildman–Crippen MR) is 53.1 cm³/mol. The molecule has 0 spiro atoms. The fraction of sp³-hybridized carbons (Fsp3) is 0.700. The number of hydrogen-bond acceptors (Lipinski definition) is 2. The summed E-state index contributed by atoms with van der Waals surface area (Å²) < 4.78 is 0. The van der Waals surface area contributed by atoms with Crippen LogP contribution < -0.4 is 0 Å². The Labute approximate surface area is 80.0 Å². The number of aliphatic hydroxyl groups is 1. The lowest BCUT2D eigenvalue weighted by Crippen LogP contribution is -2.16. The maximum atomic E-state index is 10.7. The van der Waals surface area contributed by atoms with E-state index in [2.05, 4.69) is 6.58 Å². The van der Waals surface area contributed by atoms with E-state index in [1.807, 2.05) is 0 Å². The predicted octanol–water partition coefficient (Wildman–Crippen LogP) is 1.53. The minimum atomic E-state index is -0.500. The molecule has 1 amide bonds. The third-order valence-corrected chi connectivity index (χ3v) is 1.33. The zero-order valence-electron chi connectivity index (χ0n) is 8.71. The molecule has 0 bridgehead atoms. The van der Waals surface area contributed by atoms with Gasteiger partial charge in [0.15, 0.2) is 0 Å². The lowest BCUT2D eigenvalue weighted by molar-refractivity contribution is -0.125. The van der Waals surface area contributed by atoms with Crippen molar-refractivity contribution in [1.29, 1.82) is 0 Å².